The predicted octanol–water partition coefficient (Wildman–Crippen LogP) is 2.68. The number of benzene rings is 1. The van der Waals surface area contributed by atoms with Crippen molar-refractivity contribution in [3.8, 4) is 11.5 Å². The third-order valence-corrected chi connectivity index (χ3v) is 4.57. The molecule has 26 heavy (non-hydrogen) atoms. The van der Waals surface area contributed by atoms with Gasteiger partial charge in [-0.05, 0) is 50.8 Å². The van der Waals surface area contributed by atoms with Gasteiger partial charge in [-0.15, -0.1) is 0 Å². The van der Waals surface area contributed by atoms with E-state index in [2.05, 4.69) is 16.7 Å². The number of carboxylic acids is 1. The Labute approximate surface area is 152 Å². The van der Waals surface area contributed by atoms with Crippen molar-refractivity contribution in [3.05, 3.63) is 29.8 Å². The Morgan fingerprint density at radius 1 is 1.19 bits per heavy atom. The van der Waals surface area contributed by atoms with Gasteiger partial charge < -0.3 is 25.2 Å². The van der Waals surface area contributed by atoms with Crippen LogP contribution in [-0.4, -0.2) is 36.4 Å². The van der Waals surface area contributed by atoms with Crippen LogP contribution >= 0.6 is 0 Å². The number of nitrogens with one attached hydrogen (secondary N) is 2. The SMILES string of the molecule is O=C(C[C@@H](NCCC1=CCCCC1)C(=O)O)Nc1ccc2c(c1)OCO2. The number of carbonyl (C=O) groups is 2. The lowest BCUT2D eigenvalue weighted by Gasteiger charge is -2.17. The van der Waals surface area contributed by atoms with Crippen LogP contribution in [0.25, 0.3) is 0 Å². The molecule has 0 unspecified atom stereocenters. The summed E-state index contributed by atoms with van der Waals surface area (Å²) in [5.74, 6) is -0.189. The van der Waals surface area contributed by atoms with Gasteiger partial charge in [0.25, 0.3) is 0 Å². The number of carboxylic acid groups (broad SMARTS) is 1. The fourth-order valence-electron chi connectivity index (χ4n) is 3.16. The number of anilines is 1. The van der Waals surface area contributed by atoms with E-state index in [-0.39, 0.29) is 19.1 Å². The van der Waals surface area contributed by atoms with E-state index in [0.29, 0.717) is 23.7 Å². The van der Waals surface area contributed by atoms with E-state index in [1.54, 1.807) is 18.2 Å². The standard InChI is InChI=1S/C19H24N2O5/c22-18(21-14-6-7-16-17(10-14)26-12-25-16)11-15(19(23)24)20-9-8-13-4-2-1-3-5-13/h4,6-7,10,15,20H,1-3,5,8-9,11-12H2,(H,21,22)(H,23,24)/t15-/m1/s1. The van der Waals surface area contributed by atoms with Gasteiger partial charge in [-0.3, -0.25) is 9.59 Å². The number of hydrogen-bond acceptors (Lipinski definition) is 5. The molecule has 1 heterocycles. The topological polar surface area (TPSA) is 96.9 Å². The molecule has 0 spiro atoms. The molecule has 7 nitrogen and oxygen atoms in total. The smallest absolute Gasteiger partial charge is 0.321 e. The lowest BCUT2D eigenvalue weighted by atomic mass is 9.97. The van der Waals surface area contributed by atoms with E-state index in [9.17, 15) is 14.7 Å². The van der Waals surface area contributed by atoms with Crippen LogP contribution in [0.1, 0.15) is 38.5 Å². The van der Waals surface area contributed by atoms with Crippen molar-refractivity contribution in [1.82, 2.24) is 5.32 Å². The number of ether oxygens (including phenoxy) is 2. The first-order valence-corrected chi connectivity index (χ1v) is 8.95. The molecular formula is C19H24N2O5. The zero-order valence-corrected chi connectivity index (χ0v) is 14.6. The lowest BCUT2D eigenvalue weighted by Crippen LogP contribution is -2.40. The average Bonchev–Trinajstić information content (AvgIpc) is 3.09. The molecule has 1 atom stereocenters. The van der Waals surface area contributed by atoms with E-state index >= 15 is 0 Å². The summed E-state index contributed by atoms with van der Waals surface area (Å²) in [7, 11) is 0. The van der Waals surface area contributed by atoms with E-state index in [4.69, 9.17) is 9.47 Å². The molecule has 0 radical (unpaired) electrons. The van der Waals surface area contributed by atoms with Crippen molar-refractivity contribution in [2.24, 2.45) is 0 Å². The molecule has 7 heteroatoms. The Morgan fingerprint density at radius 3 is 2.81 bits per heavy atom. The third-order valence-electron chi connectivity index (χ3n) is 4.57. The molecular weight excluding hydrogens is 336 g/mol. The number of aliphatic carboxylic acids is 1. The Bertz CT molecular complexity index is 701. The molecule has 2 aliphatic rings. The van der Waals surface area contributed by atoms with Crippen LogP contribution in [0.4, 0.5) is 5.69 Å². The third kappa shape index (κ3) is 4.98. The maximum absolute atomic E-state index is 12.2. The summed E-state index contributed by atoms with van der Waals surface area (Å²) in [4.78, 5) is 23.6. The highest BCUT2D eigenvalue weighted by atomic mass is 16.7. The fourth-order valence-corrected chi connectivity index (χ4v) is 3.16. The van der Waals surface area contributed by atoms with Crippen LogP contribution in [-0.2, 0) is 9.59 Å². The zero-order valence-electron chi connectivity index (χ0n) is 14.6. The molecule has 1 amide bonds. The molecule has 0 saturated carbocycles. The predicted molar refractivity (Wildman–Crippen MR) is 96.4 cm³/mol. The highest BCUT2D eigenvalue weighted by Gasteiger charge is 2.21. The summed E-state index contributed by atoms with van der Waals surface area (Å²) in [5, 5.41) is 15.0. The van der Waals surface area contributed by atoms with Crippen molar-refractivity contribution >= 4 is 17.6 Å². The Hall–Kier alpha value is -2.54. The van der Waals surface area contributed by atoms with E-state index in [1.807, 2.05) is 0 Å². The molecule has 140 valence electrons. The minimum absolute atomic E-state index is 0.136. The van der Waals surface area contributed by atoms with Gasteiger partial charge in [0.05, 0.1) is 6.42 Å². The average molecular weight is 360 g/mol. The summed E-state index contributed by atoms with van der Waals surface area (Å²) in [5.41, 5.74) is 1.92. The number of carbonyl (C=O) groups excluding carboxylic acids is 1. The Morgan fingerprint density at radius 2 is 2.04 bits per heavy atom. The monoisotopic (exact) mass is 360 g/mol. The number of allylic oxidation sites excluding steroid dienone is 1. The van der Waals surface area contributed by atoms with Gasteiger partial charge in [-0.2, -0.15) is 0 Å². The first kappa shape index (κ1) is 18.3. The van der Waals surface area contributed by atoms with Crippen LogP contribution < -0.4 is 20.1 Å². The van der Waals surface area contributed by atoms with Crippen molar-refractivity contribution in [1.29, 1.82) is 0 Å². The van der Waals surface area contributed by atoms with Gasteiger partial charge in [0.15, 0.2) is 11.5 Å². The van der Waals surface area contributed by atoms with E-state index < -0.39 is 12.0 Å². The zero-order chi connectivity index (χ0) is 18.4. The van der Waals surface area contributed by atoms with Crippen molar-refractivity contribution in [3.63, 3.8) is 0 Å². The minimum Gasteiger partial charge on any atom is -0.480 e. The summed E-state index contributed by atoms with van der Waals surface area (Å²) >= 11 is 0. The van der Waals surface area contributed by atoms with Gasteiger partial charge in [-0.1, -0.05) is 11.6 Å². The van der Waals surface area contributed by atoms with Crippen molar-refractivity contribution in [2.75, 3.05) is 18.7 Å². The van der Waals surface area contributed by atoms with Gasteiger partial charge in [0.1, 0.15) is 6.04 Å². The number of amides is 1. The lowest BCUT2D eigenvalue weighted by molar-refractivity contribution is -0.141. The van der Waals surface area contributed by atoms with E-state index in [0.717, 1.165) is 19.3 Å². The van der Waals surface area contributed by atoms with Crippen LogP contribution in [0.2, 0.25) is 0 Å². The second-order valence-corrected chi connectivity index (χ2v) is 6.52. The van der Waals surface area contributed by atoms with Gasteiger partial charge >= 0.3 is 5.97 Å². The highest BCUT2D eigenvalue weighted by Crippen LogP contribution is 2.34. The van der Waals surface area contributed by atoms with Crippen LogP contribution in [0.15, 0.2) is 29.8 Å². The number of rotatable bonds is 8. The normalized spacial score (nSPS) is 16.7. The second-order valence-electron chi connectivity index (χ2n) is 6.52. The first-order chi connectivity index (χ1) is 12.6. The van der Waals surface area contributed by atoms with Crippen molar-refractivity contribution in [2.45, 2.75) is 44.6 Å². The molecule has 1 aromatic carbocycles. The second kappa shape index (κ2) is 8.71. The van der Waals surface area contributed by atoms with Gasteiger partial charge in [-0.25, -0.2) is 0 Å². The molecule has 0 bridgehead atoms. The largest absolute Gasteiger partial charge is 0.480 e. The quantitative estimate of drug-likeness (QED) is 0.617. The van der Waals surface area contributed by atoms with Crippen LogP contribution in [0.3, 0.4) is 0 Å². The van der Waals surface area contributed by atoms with Crippen molar-refractivity contribution < 1.29 is 24.2 Å². The minimum atomic E-state index is -1.02. The Balaban J connectivity index is 1.48. The van der Waals surface area contributed by atoms with Gasteiger partial charge in [0, 0.05) is 11.8 Å². The molecule has 1 aromatic rings. The summed E-state index contributed by atoms with van der Waals surface area (Å²) < 4.78 is 10.5. The fraction of sp³-hybridized carbons (Fsp3) is 0.474. The van der Waals surface area contributed by atoms with Crippen LogP contribution in [0.5, 0.6) is 11.5 Å². The molecule has 0 aromatic heterocycles. The maximum Gasteiger partial charge on any atom is 0.321 e. The van der Waals surface area contributed by atoms with Crippen LogP contribution in [0, 0.1) is 0 Å². The molecule has 3 rings (SSSR count). The summed E-state index contributed by atoms with van der Waals surface area (Å²) in [6, 6.07) is 4.17. The molecule has 1 aliphatic heterocycles. The number of fused-ring (bicyclic) bond motifs is 1. The first-order valence-electron chi connectivity index (χ1n) is 8.95. The summed E-state index contributed by atoms with van der Waals surface area (Å²) in [6.45, 7) is 0.717. The highest BCUT2D eigenvalue weighted by molar-refractivity contribution is 5.94. The van der Waals surface area contributed by atoms with E-state index in [1.165, 1.54) is 18.4 Å². The molecule has 0 saturated heterocycles. The number of hydrogen-bond donors (Lipinski definition) is 3. The van der Waals surface area contributed by atoms with Gasteiger partial charge in [0.2, 0.25) is 12.7 Å². The molecule has 0 fully saturated rings. The molecule has 3 N–H and O–H groups in total. The summed E-state index contributed by atoms with van der Waals surface area (Å²) in [6.07, 6.45) is 7.56. The maximum atomic E-state index is 12.2. The molecule has 1 aliphatic carbocycles. The Kier molecular flexibility index (Phi) is 6.12.